The van der Waals surface area contributed by atoms with Gasteiger partial charge in [0.1, 0.15) is 0 Å². The first-order chi connectivity index (χ1) is 9.06. The molecule has 19 heavy (non-hydrogen) atoms. The van der Waals surface area contributed by atoms with Crippen molar-refractivity contribution in [3.63, 3.8) is 0 Å². The van der Waals surface area contributed by atoms with Crippen LogP contribution >= 0.6 is 27.5 Å². The van der Waals surface area contributed by atoms with Crippen LogP contribution in [0, 0.1) is 0 Å². The van der Waals surface area contributed by atoms with E-state index >= 15 is 0 Å². The Morgan fingerprint density at radius 1 is 1.26 bits per heavy atom. The first-order valence-corrected chi connectivity index (χ1v) is 6.81. The minimum atomic E-state index is -0.124. The van der Waals surface area contributed by atoms with Crippen molar-refractivity contribution in [1.82, 2.24) is 0 Å². The topological polar surface area (TPSA) is 55.1 Å². The molecule has 1 amide bonds. The van der Waals surface area contributed by atoms with Gasteiger partial charge in [-0.3, -0.25) is 4.79 Å². The van der Waals surface area contributed by atoms with Crippen molar-refractivity contribution in [1.29, 1.82) is 0 Å². The van der Waals surface area contributed by atoms with Crippen molar-refractivity contribution in [2.45, 2.75) is 6.42 Å². The average Bonchev–Trinajstić information content (AvgIpc) is 2.36. The molecule has 3 nitrogen and oxygen atoms in total. The lowest BCUT2D eigenvalue weighted by Gasteiger charge is -2.09. The van der Waals surface area contributed by atoms with Gasteiger partial charge in [-0.05, 0) is 45.8 Å². The van der Waals surface area contributed by atoms with Crippen LogP contribution in [0.3, 0.4) is 0 Å². The maximum atomic E-state index is 12.0. The van der Waals surface area contributed by atoms with Gasteiger partial charge in [0.05, 0.1) is 12.1 Å². The van der Waals surface area contributed by atoms with E-state index in [0.29, 0.717) is 16.4 Å². The van der Waals surface area contributed by atoms with Crippen LogP contribution < -0.4 is 11.1 Å². The lowest BCUT2D eigenvalue weighted by atomic mass is 10.1. The number of para-hydroxylation sites is 1. The van der Waals surface area contributed by atoms with Gasteiger partial charge in [0.25, 0.3) is 0 Å². The summed E-state index contributed by atoms with van der Waals surface area (Å²) in [6.07, 6.45) is 0.238. The van der Waals surface area contributed by atoms with Crippen molar-refractivity contribution in [2.24, 2.45) is 0 Å². The minimum Gasteiger partial charge on any atom is -0.398 e. The van der Waals surface area contributed by atoms with Crippen molar-refractivity contribution in [3.05, 3.63) is 57.5 Å². The predicted molar refractivity (Wildman–Crippen MR) is 82.3 cm³/mol. The second-order valence-electron chi connectivity index (χ2n) is 4.05. The van der Waals surface area contributed by atoms with Crippen LogP contribution in [0.2, 0.25) is 5.02 Å². The monoisotopic (exact) mass is 338 g/mol. The zero-order valence-corrected chi connectivity index (χ0v) is 12.3. The summed E-state index contributed by atoms with van der Waals surface area (Å²) in [6.45, 7) is 0. The molecule has 0 heterocycles. The average molecular weight is 340 g/mol. The summed E-state index contributed by atoms with van der Waals surface area (Å²) in [5.41, 5.74) is 7.92. The predicted octanol–water partition coefficient (Wildman–Crippen LogP) is 3.87. The summed E-state index contributed by atoms with van der Waals surface area (Å²) in [5.74, 6) is -0.124. The second kappa shape index (κ2) is 6.08. The number of halogens is 2. The molecule has 98 valence electrons. The van der Waals surface area contributed by atoms with E-state index in [9.17, 15) is 4.79 Å². The zero-order chi connectivity index (χ0) is 13.8. The van der Waals surface area contributed by atoms with E-state index in [2.05, 4.69) is 21.2 Å². The molecule has 0 radical (unpaired) electrons. The third kappa shape index (κ3) is 3.72. The molecule has 0 fully saturated rings. The van der Waals surface area contributed by atoms with E-state index in [-0.39, 0.29) is 12.3 Å². The quantitative estimate of drug-likeness (QED) is 0.834. The third-order valence-corrected chi connectivity index (χ3v) is 3.50. The smallest absolute Gasteiger partial charge is 0.228 e. The maximum Gasteiger partial charge on any atom is 0.228 e. The number of nitrogens with two attached hydrogens (primary N) is 1. The maximum absolute atomic E-state index is 12.0. The largest absolute Gasteiger partial charge is 0.398 e. The molecular formula is C14H12BrClN2O. The van der Waals surface area contributed by atoms with Gasteiger partial charge in [0, 0.05) is 15.2 Å². The van der Waals surface area contributed by atoms with Crippen LogP contribution in [-0.2, 0) is 11.2 Å². The summed E-state index contributed by atoms with van der Waals surface area (Å²) in [4.78, 5) is 12.0. The molecule has 5 heteroatoms. The summed E-state index contributed by atoms with van der Waals surface area (Å²) < 4.78 is 0.745. The highest BCUT2D eigenvalue weighted by Gasteiger charge is 2.08. The number of nitrogen functional groups attached to an aromatic ring is 1. The van der Waals surface area contributed by atoms with Crippen LogP contribution in [0.25, 0.3) is 0 Å². The number of benzene rings is 2. The summed E-state index contributed by atoms with van der Waals surface area (Å²) in [6, 6.07) is 12.5. The van der Waals surface area contributed by atoms with Gasteiger partial charge in [0.15, 0.2) is 0 Å². The normalized spacial score (nSPS) is 10.2. The summed E-state index contributed by atoms with van der Waals surface area (Å²) in [7, 11) is 0. The molecule has 0 aliphatic carbocycles. The Labute approximate surface area is 124 Å². The number of carbonyl (C=O) groups is 1. The molecule has 0 aliphatic rings. The first kappa shape index (κ1) is 13.9. The van der Waals surface area contributed by atoms with E-state index in [1.165, 1.54) is 0 Å². The fraction of sp³-hybridized carbons (Fsp3) is 0.0714. The Bertz CT molecular complexity index is 616. The highest BCUT2D eigenvalue weighted by atomic mass is 79.9. The molecule has 2 aromatic carbocycles. The number of hydrogen-bond donors (Lipinski definition) is 2. The molecule has 0 bridgehead atoms. The van der Waals surface area contributed by atoms with Crippen LogP contribution in [0.1, 0.15) is 5.56 Å². The van der Waals surface area contributed by atoms with Gasteiger partial charge in [-0.15, -0.1) is 0 Å². The molecule has 0 atom stereocenters. The molecule has 2 aromatic rings. The molecule has 0 aromatic heterocycles. The van der Waals surface area contributed by atoms with Gasteiger partial charge in [-0.2, -0.15) is 0 Å². The highest BCUT2D eigenvalue weighted by molar-refractivity contribution is 9.10. The van der Waals surface area contributed by atoms with Gasteiger partial charge < -0.3 is 11.1 Å². The van der Waals surface area contributed by atoms with E-state index in [1.54, 1.807) is 24.3 Å². The molecule has 0 saturated heterocycles. The second-order valence-corrected chi connectivity index (χ2v) is 5.34. The van der Waals surface area contributed by atoms with Gasteiger partial charge in [-0.1, -0.05) is 29.8 Å². The number of anilines is 2. The number of amides is 1. The summed E-state index contributed by atoms with van der Waals surface area (Å²) in [5, 5.41) is 3.42. The Balaban J connectivity index is 2.08. The fourth-order valence-electron chi connectivity index (χ4n) is 1.65. The minimum absolute atomic E-state index is 0.124. The van der Waals surface area contributed by atoms with Crippen LogP contribution in [0.5, 0.6) is 0 Å². The Kier molecular flexibility index (Phi) is 4.45. The number of rotatable bonds is 3. The van der Waals surface area contributed by atoms with Crippen molar-refractivity contribution in [2.75, 3.05) is 11.1 Å². The van der Waals surface area contributed by atoms with Crippen LogP contribution in [0.4, 0.5) is 11.4 Å². The molecule has 3 N–H and O–H groups in total. The van der Waals surface area contributed by atoms with Gasteiger partial charge in [-0.25, -0.2) is 0 Å². The Morgan fingerprint density at radius 2 is 2.00 bits per heavy atom. The van der Waals surface area contributed by atoms with Crippen molar-refractivity contribution >= 4 is 44.8 Å². The van der Waals surface area contributed by atoms with Crippen LogP contribution in [-0.4, -0.2) is 5.91 Å². The van der Waals surface area contributed by atoms with Gasteiger partial charge >= 0.3 is 0 Å². The van der Waals surface area contributed by atoms with Crippen LogP contribution in [0.15, 0.2) is 46.9 Å². The number of nitrogens with one attached hydrogen (secondary N) is 1. The molecule has 0 unspecified atom stereocenters. The molecule has 0 saturated carbocycles. The van der Waals surface area contributed by atoms with E-state index in [1.807, 2.05) is 18.2 Å². The molecule has 0 spiro atoms. The number of carbonyl (C=O) groups excluding carboxylic acids is 1. The highest BCUT2D eigenvalue weighted by Crippen LogP contribution is 2.26. The molecule has 2 rings (SSSR count). The fourth-order valence-corrected chi connectivity index (χ4v) is 2.44. The Hall–Kier alpha value is -1.52. The lowest BCUT2D eigenvalue weighted by Crippen LogP contribution is -2.15. The SMILES string of the molecule is Nc1ccccc1CC(=O)Nc1ccc(Cl)cc1Br. The Morgan fingerprint density at radius 3 is 2.68 bits per heavy atom. The van der Waals surface area contributed by atoms with Crippen molar-refractivity contribution < 1.29 is 4.79 Å². The van der Waals surface area contributed by atoms with Crippen molar-refractivity contribution in [3.8, 4) is 0 Å². The standard InChI is InChI=1S/C14H12BrClN2O/c15-11-8-10(16)5-6-13(11)18-14(19)7-9-3-1-2-4-12(9)17/h1-6,8H,7,17H2,(H,18,19). The molecule has 0 aliphatic heterocycles. The van der Waals surface area contributed by atoms with E-state index in [0.717, 1.165) is 10.0 Å². The number of hydrogen-bond acceptors (Lipinski definition) is 2. The summed E-state index contributed by atoms with van der Waals surface area (Å²) >= 11 is 9.20. The molecular weight excluding hydrogens is 328 g/mol. The lowest BCUT2D eigenvalue weighted by molar-refractivity contribution is -0.115. The van der Waals surface area contributed by atoms with Gasteiger partial charge in [0.2, 0.25) is 5.91 Å². The zero-order valence-electron chi connectivity index (χ0n) is 9.99. The van der Waals surface area contributed by atoms with E-state index < -0.39 is 0 Å². The van der Waals surface area contributed by atoms with E-state index in [4.69, 9.17) is 17.3 Å². The third-order valence-electron chi connectivity index (χ3n) is 2.61. The first-order valence-electron chi connectivity index (χ1n) is 5.64.